The highest BCUT2D eigenvalue weighted by molar-refractivity contribution is 9.10. The van der Waals surface area contributed by atoms with Crippen LogP contribution in [0, 0.1) is 0 Å². The minimum absolute atomic E-state index is 0.308. The van der Waals surface area contributed by atoms with E-state index in [-0.39, 0.29) is 10.7 Å². The molecule has 0 radical (unpaired) electrons. The van der Waals surface area contributed by atoms with Crippen molar-refractivity contribution in [2.75, 3.05) is 6.54 Å². The monoisotopic (exact) mass is 321 g/mol. The Morgan fingerprint density at radius 2 is 2.22 bits per heavy atom. The number of likely N-dealkylation sites (tertiary alicyclic amines) is 1. The predicted octanol–water partition coefficient (Wildman–Crippen LogP) is 0.795. The van der Waals surface area contributed by atoms with Gasteiger partial charge in [0, 0.05) is 6.54 Å². The van der Waals surface area contributed by atoms with Crippen LogP contribution in [0.3, 0.4) is 0 Å². The van der Waals surface area contributed by atoms with Gasteiger partial charge in [0.1, 0.15) is 0 Å². The summed E-state index contributed by atoms with van der Waals surface area (Å²) in [6.45, 7) is 5.49. The van der Waals surface area contributed by atoms with Gasteiger partial charge in [-0.25, -0.2) is 15.1 Å². The lowest BCUT2D eigenvalue weighted by molar-refractivity contribution is -0.232. The molecule has 1 heterocycles. The summed E-state index contributed by atoms with van der Waals surface area (Å²) in [6.07, 6.45) is 0.878. The minimum Gasteiger partial charge on any atom is -0.274 e. The van der Waals surface area contributed by atoms with E-state index in [1.165, 1.54) is 0 Å². The number of amides is 4. The largest absolute Gasteiger partial charge is 0.344 e. The Morgan fingerprint density at radius 3 is 2.61 bits per heavy atom. The van der Waals surface area contributed by atoms with Crippen LogP contribution in [0.2, 0.25) is 0 Å². The summed E-state index contributed by atoms with van der Waals surface area (Å²) < 4.78 is 0. The van der Waals surface area contributed by atoms with Gasteiger partial charge in [0.15, 0.2) is 0 Å². The number of carbonyl (C=O) groups is 3. The number of hydrogen-bond acceptors (Lipinski definition) is 4. The number of urea groups is 1. The maximum Gasteiger partial charge on any atom is 0.344 e. The maximum absolute atomic E-state index is 11.7. The molecule has 8 heteroatoms. The fourth-order valence-corrected chi connectivity index (χ4v) is 1.82. The summed E-state index contributed by atoms with van der Waals surface area (Å²) in [6, 6.07) is -0.682. The van der Waals surface area contributed by atoms with Crippen molar-refractivity contribution in [3.8, 4) is 0 Å². The minimum atomic E-state index is -0.682. The molecule has 1 unspecified atom stereocenters. The van der Waals surface area contributed by atoms with Crippen molar-refractivity contribution in [2.24, 2.45) is 0 Å². The summed E-state index contributed by atoms with van der Waals surface area (Å²) in [7, 11) is 0. The molecular formula is C10H16BrN3O4. The molecule has 1 saturated heterocycles. The Kier molecular flexibility index (Phi) is 4.69. The highest BCUT2D eigenvalue weighted by Gasteiger charge is 2.34. The van der Waals surface area contributed by atoms with Gasteiger partial charge in [-0.2, -0.15) is 0 Å². The van der Waals surface area contributed by atoms with Crippen molar-refractivity contribution in [1.29, 1.82) is 0 Å². The zero-order valence-electron chi connectivity index (χ0n) is 10.5. The smallest absolute Gasteiger partial charge is 0.274 e. The Bertz CT molecular complexity index is 356. The van der Waals surface area contributed by atoms with Crippen molar-refractivity contribution >= 4 is 34.3 Å². The predicted molar refractivity (Wildman–Crippen MR) is 66.3 cm³/mol. The molecule has 0 aromatic heterocycles. The molecule has 102 valence electrons. The van der Waals surface area contributed by atoms with Crippen LogP contribution < -0.4 is 5.43 Å². The third kappa shape index (κ3) is 3.95. The molecule has 1 aliphatic rings. The first-order valence-corrected chi connectivity index (χ1v) is 6.36. The van der Waals surface area contributed by atoms with Crippen LogP contribution in [0.4, 0.5) is 4.79 Å². The van der Waals surface area contributed by atoms with Crippen molar-refractivity contribution < 1.29 is 19.2 Å². The van der Waals surface area contributed by atoms with Gasteiger partial charge in [0.05, 0.1) is 10.4 Å². The second-order valence-corrected chi connectivity index (χ2v) is 5.90. The summed E-state index contributed by atoms with van der Waals surface area (Å²) in [5.41, 5.74) is 1.57. The molecule has 1 aliphatic heterocycles. The Hall–Kier alpha value is -1.15. The molecule has 0 aliphatic carbocycles. The molecule has 0 aromatic carbocycles. The molecule has 1 fully saturated rings. The molecule has 1 N–H and O–H groups in total. The van der Waals surface area contributed by atoms with Crippen molar-refractivity contribution in [3.63, 3.8) is 0 Å². The van der Waals surface area contributed by atoms with Gasteiger partial charge in [0.25, 0.3) is 6.41 Å². The molecule has 18 heavy (non-hydrogen) atoms. The molecule has 0 bridgehead atoms. The Morgan fingerprint density at radius 1 is 1.61 bits per heavy atom. The third-order valence-corrected chi connectivity index (χ3v) is 2.91. The first-order valence-electron chi connectivity index (χ1n) is 5.44. The number of hydrogen-bond donors (Lipinski definition) is 1. The number of nitrogens with zero attached hydrogens (tertiary/aromatic N) is 2. The van der Waals surface area contributed by atoms with Gasteiger partial charge >= 0.3 is 6.03 Å². The average molecular weight is 322 g/mol. The fourth-order valence-electron chi connectivity index (χ4n) is 1.37. The summed E-state index contributed by atoms with van der Waals surface area (Å²) in [5.74, 6) is -0.325. The van der Waals surface area contributed by atoms with Crippen molar-refractivity contribution in [3.05, 3.63) is 0 Å². The molecule has 7 nitrogen and oxygen atoms in total. The van der Waals surface area contributed by atoms with Crippen molar-refractivity contribution in [2.45, 2.75) is 37.6 Å². The first-order chi connectivity index (χ1) is 8.24. The number of hydroxylamine groups is 1. The second-order valence-electron chi connectivity index (χ2n) is 4.80. The van der Waals surface area contributed by atoms with Gasteiger partial charge in [-0.1, -0.05) is 15.9 Å². The second kappa shape index (κ2) is 5.66. The van der Waals surface area contributed by atoms with Gasteiger partial charge in [-0.15, -0.1) is 5.17 Å². The maximum atomic E-state index is 11.7. The number of nitrogens with one attached hydrogen (secondary N) is 1. The summed E-state index contributed by atoms with van der Waals surface area (Å²) in [5, 5.41) is 0.664. The van der Waals surface area contributed by atoms with Crippen LogP contribution in [0.25, 0.3) is 0 Å². The average Bonchev–Trinajstić information content (AvgIpc) is 2.57. The molecular weight excluding hydrogens is 306 g/mol. The highest BCUT2D eigenvalue weighted by Crippen LogP contribution is 2.18. The molecule has 0 saturated carbocycles. The van der Waals surface area contributed by atoms with E-state index in [1.807, 2.05) is 0 Å². The number of hydrazine groups is 1. The summed E-state index contributed by atoms with van der Waals surface area (Å²) >= 11 is 3.16. The van der Waals surface area contributed by atoms with Gasteiger partial charge < -0.3 is 0 Å². The summed E-state index contributed by atoms with van der Waals surface area (Å²) in [4.78, 5) is 39.9. The van der Waals surface area contributed by atoms with Crippen LogP contribution in [-0.4, -0.2) is 45.4 Å². The number of halogens is 1. The number of imide groups is 1. The third-order valence-electron chi connectivity index (χ3n) is 2.06. The van der Waals surface area contributed by atoms with Crippen LogP contribution >= 0.6 is 15.9 Å². The lowest BCUT2D eigenvalue weighted by atomic mass is 10.2. The van der Waals surface area contributed by atoms with E-state index in [0.29, 0.717) is 24.5 Å². The van der Waals surface area contributed by atoms with Crippen LogP contribution in [0.1, 0.15) is 27.2 Å². The van der Waals surface area contributed by atoms with Crippen molar-refractivity contribution in [1.82, 2.24) is 15.5 Å². The standard InChI is InChI=1S/C10H16BrN3O4/c1-10(2,3)18-14(6-15)12-9(17)13-5-4-7(11)8(13)16/h6-7H,4-5H2,1-3H3,(H,12,17). The fraction of sp³-hybridized carbons (Fsp3) is 0.700. The van der Waals surface area contributed by atoms with E-state index in [0.717, 1.165) is 4.90 Å². The van der Waals surface area contributed by atoms with E-state index in [2.05, 4.69) is 21.4 Å². The first kappa shape index (κ1) is 14.9. The van der Waals surface area contributed by atoms with E-state index in [1.54, 1.807) is 20.8 Å². The zero-order valence-corrected chi connectivity index (χ0v) is 12.1. The van der Waals surface area contributed by atoms with Crippen LogP contribution in [0.5, 0.6) is 0 Å². The van der Waals surface area contributed by atoms with Gasteiger partial charge in [0.2, 0.25) is 5.91 Å². The number of rotatable bonds is 3. The topological polar surface area (TPSA) is 79.0 Å². The lowest BCUT2D eigenvalue weighted by Gasteiger charge is -2.27. The normalized spacial score (nSPS) is 19.9. The van der Waals surface area contributed by atoms with Crippen LogP contribution in [-0.2, 0) is 14.4 Å². The number of carbonyl (C=O) groups excluding carboxylic acids is 3. The van der Waals surface area contributed by atoms with E-state index in [4.69, 9.17) is 4.84 Å². The molecule has 1 rings (SSSR count). The molecule has 0 aromatic rings. The van der Waals surface area contributed by atoms with Gasteiger partial charge in [-0.05, 0) is 27.2 Å². The van der Waals surface area contributed by atoms with E-state index in [9.17, 15) is 14.4 Å². The SMILES string of the molecule is CC(C)(C)ON(C=O)NC(=O)N1CCC(Br)C1=O. The lowest BCUT2D eigenvalue weighted by Crippen LogP contribution is -2.51. The van der Waals surface area contributed by atoms with E-state index < -0.39 is 11.6 Å². The van der Waals surface area contributed by atoms with E-state index >= 15 is 0 Å². The number of alkyl halides is 1. The van der Waals surface area contributed by atoms with Gasteiger partial charge in [-0.3, -0.25) is 14.5 Å². The highest BCUT2D eigenvalue weighted by atomic mass is 79.9. The molecule has 0 spiro atoms. The van der Waals surface area contributed by atoms with Crippen LogP contribution in [0.15, 0.2) is 0 Å². The zero-order chi connectivity index (χ0) is 13.9. The Balaban J connectivity index is 2.58. The quantitative estimate of drug-likeness (QED) is 0.473. The Labute approximate surface area is 113 Å². The molecule has 4 amide bonds. The molecule has 1 atom stereocenters.